The molecule has 0 fully saturated rings. The Labute approximate surface area is 176 Å². The number of fused-ring (bicyclic) bond motifs is 1. The van der Waals surface area contributed by atoms with E-state index in [1.807, 2.05) is 24.3 Å². The fourth-order valence-electron chi connectivity index (χ4n) is 3.41. The van der Waals surface area contributed by atoms with Crippen LogP contribution in [0.5, 0.6) is 0 Å². The zero-order valence-corrected chi connectivity index (χ0v) is 18.0. The summed E-state index contributed by atoms with van der Waals surface area (Å²) in [5.74, 6) is -0.249. The molecule has 0 aliphatic heterocycles. The quantitative estimate of drug-likeness (QED) is 0.279. The van der Waals surface area contributed by atoms with Crippen molar-refractivity contribution >= 4 is 38.7 Å². The molecule has 4 aromatic rings. The van der Waals surface area contributed by atoms with Crippen molar-refractivity contribution in [3.8, 4) is 22.3 Å². The molecule has 0 amide bonds. The van der Waals surface area contributed by atoms with Gasteiger partial charge in [-0.3, -0.25) is 0 Å². The van der Waals surface area contributed by atoms with Crippen molar-refractivity contribution in [1.29, 1.82) is 0 Å². The second kappa shape index (κ2) is 8.50. The average Bonchev–Trinajstić information content (AvgIpc) is 3.20. The van der Waals surface area contributed by atoms with Gasteiger partial charge < -0.3 is 0 Å². The number of aromatic nitrogens is 2. The number of hydrogen-bond donors (Lipinski definition) is 0. The van der Waals surface area contributed by atoms with E-state index in [1.54, 1.807) is 6.07 Å². The third kappa shape index (κ3) is 3.87. The van der Waals surface area contributed by atoms with E-state index in [1.165, 1.54) is 24.8 Å². The fraction of sp³-hybridized carbons (Fsp3) is 0.217. The Kier molecular flexibility index (Phi) is 5.83. The third-order valence-corrected chi connectivity index (χ3v) is 6.15. The minimum Gasteiger partial charge on any atom is -0.206 e. The lowest BCUT2D eigenvalue weighted by molar-refractivity contribution is 0.632. The Balaban J connectivity index is 1.63. The molecule has 0 spiro atoms. The van der Waals surface area contributed by atoms with Gasteiger partial charge in [0, 0.05) is 15.6 Å². The number of rotatable bonds is 6. The smallest absolute Gasteiger partial charge is 0.131 e. The zero-order chi connectivity index (χ0) is 19.5. The van der Waals surface area contributed by atoms with E-state index in [2.05, 4.69) is 55.9 Å². The minimum absolute atomic E-state index is 0.249. The molecule has 4 rings (SSSR count). The van der Waals surface area contributed by atoms with E-state index in [9.17, 15) is 4.39 Å². The van der Waals surface area contributed by atoms with Crippen LogP contribution in [-0.4, -0.2) is 8.75 Å². The van der Waals surface area contributed by atoms with E-state index in [0.29, 0.717) is 5.56 Å². The summed E-state index contributed by atoms with van der Waals surface area (Å²) in [6, 6.07) is 17.7. The molecule has 0 saturated carbocycles. The number of unbranched alkanes of at least 4 members (excludes halogenated alkanes) is 2. The molecule has 2 nitrogen and oxygen atoms in total. The van der Waals surface area contributed by atoms with Crippen LogP contribution >= 0.6 is 27.7 Å². The molecule has 0 atom stereocenters. The lowest BCUT2D eigenvalue weighted by atomic mass is 9.97. The van der Waals surface area contributed by atoms with Gasteiger partial charge in [0.25, 0.3) is 0 Å². The monoisotopic (exact) mass is 454 g/mol. The first-order valence-electron chi connectivity index (χ1n) is 9.47. The Bertz CT molecular complexity index is 1110. The molecule has 0 unspecified atom stereocenters. The predicted octanol–water partition coefficient (Wildman–Crippen LogP) is 7.66. The topological polar surface area (TPSA) is 25.8 Å². The molecule has 0 N–H and O–H groups in total. The maximum absolute atomic E-state index is 15.0. The molecule has 1 heterocycles. The molecule has 28 heavy (non-hydrogen) atoms. The van der Waals surface area contributed by atoms with Crippen molar-refractivity contribution in [2.24, 2.45) is 0 Å². The Hall–Kier alpha value is -2.11. The summed E-state index contributed by atoms with van der Waals surface area (Å²) >= 11 is 4.62. The summed E-state index contributed by atoms with van der Waals surface area (Å²) in [5, 5.41) is 0. The molecule has 5 heteroatoms. The Morgan fingerprint density at radius 2 is 1.57 bits per heavy atom. The van der Waals surface area contributed by atoms with Crippen molar-refractivity contribution in [1.82, 2.24) is 8.75 Å². The van der Waals surface area contributed by atoms with Crippen molar-refractivity contribution in [2.45, 2.75) is 32.6 Å². The number of halogens is 2. The van der Waals surface area contributed by atoms with E-state index < -0.39 is 0 Å². The molecular formula is C23H20BrFN2S. The van der Waals surface area contributed by atoms with Crippen LogP contribution in [0.25, 0.3) is 33.3 Å². The van der Waals surface area contributed by atoms with Crippen molar-refractivity contribution < 1.29 is 4.39 Å². The van der Waals surface area contributed by atoms with Crippen LogP contribution in [0.2, 0.25) is 0 Å². The molecule has 0 saturated heterocycles. The van der Waals surface area contributed by atoms with Crippen LogP contribution in [0, 0.1) is 5.82 Å². The summed E-state index contributed by atoms with van der Waals surface area (Å²) in [4.78, 5) is 0. The molecule has 0 radical (unpaired) electrons. The van der Waals surface area contributed by atoms with Gasteiger partial charge in [0.05, 0.1) is 11.7 Å². The van der Waals surface area contributed by atoms with Crippen molar-refractivity contribution in [2.75, 3.05) is 0 Å². The number of nitrogens with zero attached hydrogens (tertiary/aromatic N) is 2. The standard InChI is InChI=1S/C23H20BrFN2S/c1-2-3-4-5-15-6-8-16(9-7-15)17-10-11-18(21(25)14-17)19-12-13-20(24)23-22(19)26-28-27-23/h6-14H,2-5H2,1H3. The van der Waals surface area contributed by atoms with E-state index in [-0.39, 0.29) is 5.82 Å². The largest absolute Gasteiger partial charge is 0.206 e. The normalized spacial score (nSPS) is 11.2. The van der Waals surface area contributed by atoms with Crippen molar-refractivity contribution in [3.05, 3.63) is 70.5 Å². The zero-order valence-electron chi connectivity index (χ0n) is 15.6. The van der Waals surface area contributed by atoms with Gasteiger partial charge in [-0.15, -0.1) is 0 Å². The van der Waals surface area contributed by atoms with Gasteiger partial charge in [0.2, 0.25) is 0 Å². The van der Waals surface area contributed by atoms with Gasteiger partial charge in [0.15, 0.2) is 0 Å². The molecular weight excluding hydrogens is 435 g/mol. The Morgan fingerprint density at radius 3 is 2.32 bits per heavy atom. The first-order valence-corrected chi connectivity index (χ1v) is 11.0. The number of benzene rings is 3. The predicted molar refractivity (Wildman–Crippen MR) is 119 cm³/mol. The van der Waals surface area contributed by atoms with Crippen LogP contribution in [0.3, 0.4) is 0 Å². The van der Waals surface area contributed by atoms with Gasteiger partial charge in [-0.05, 0) is 57.6 Å². The summed E-state index contributed by atoms with van der Waals surface area (Å²) in [5.41, 5.74) is 6.05. The van der Waals surface area contributed by atoms with Gasteiger partial charge in [-0.2, -0.15) is 8.75 Å². The Morgan fingerprint density at radius 1 is 0.857 bits per heavy atom. The summed E-state index contributed by atoms with van der Waals surface area (Å²) in [6.45, 7) is 2.21. The second-order valence-electron chi connectivity index (χ2n) is 6.91. The number of aryl methyl sites for hydroxylation is 1. The van der Waals surface area contributed by atoms with Gasteiger partial charge >= 0.3 is 0 Å². The van der Waals surface area contributed by atoms with E-state index in [0.717, 1.165) is 50.3 Å². The maximum Gasteiger partial charge on any atom is 0.131 e. The molecule has 3 aromatic carbocycles. The van der Waals surface area contributed by atoms with Gasteiger partial charge in [0.1, 0.15) is 16.9 Å². The molecule has 1 aromatic heterocycles. The molecule has 0 bridgehead atoms. The van der Waals surface area contributed by atoms with Gasteiger partial charge in [-0.1, -0.05) is 62.2 Å². The number of hydrogen-bond acceptors (Lipinski definition) is 3. The highest BCUT2D eigenvalue weighted by Gasteiger charge is 2.14. The SMILES string of the molecule is CCCCCc1ccc(-c2ccc(-c3ccc(Br)c4nsnc34)c(F)c2)cc1. The lowest BCUT2D eigenvalue weighted by Crippen LogP contribution is -1.89. The second-order valence-corrected chi connectivity index (χ2v) is 8.29. The maximum atomic E-state index is 15.0. The van der Waals surface area contributed by atoms with Crippen LogP contribution in [-0.2, 0) is 6.42 Å². The minimum atomic E-state index is -0.249. The average molecular weight is 455 g/mol. The highest BCUT2D eigenvalue weighted by Crippen LogP contribution is 2.34. The van der Waals surface area contributed by atoms with Crippen LogP contribution in [0.15, 0.2) is 59.1 Å². The van der Waals surface area contributed by atoms with Gasteiger partial charge in [-0.25, -0.2) is 4.39 Å². The third-order valence-electron chi connectivity index (χ3n) is 4.98. The van der Waals surface area contributed by atoms with E-state index in [4.69, 9.17) is 0 Å². The lowest BCUT2D eigenvalue weighted by Gasteiger charge is -2.09. The summed E-state index contributed by atoms with van der Waals surface area (Å²) in [6.07, 6.45) is 4.80. The molecule has 0 aliphatic rings. The first-order chi connectivity index (χ1) is 13.7. The van der Waals surface area contributed by atoms with Crippen LogP contribution in [0.4, 0.5) is 4.39 Å². The highest BCUT2D eigenvalue weighted by molar-refractivity contribution is 9.10. The molecule has 142 valence electrons. The highest BCUT2D eigenvalue weighted by atomic mass is 79.9. The van der Waals surface area contributed by atoms with Crippen molar-refractivity contribution in [3.63, 3.8) is 0 Å². The van der Waals surface area contributed by atoms with Crippen LogP contribution < -0.4 is 0 Å². The van der Waals surface area contributed by atoms with Crippen LogP contribution in [0.1, 0.15) is 31.7 Å². The van der Waals surface area contributed by atoms with E-state index >= 15 is 0 Å². The summed E-state index contributed by atoms with van der Waals surface area (Å²) < 4.78 is 24.5. The summed E-state index contributed by atoms with van der Waals surface area (Å²) in [7, 11) is 0. The first kappa shape index (κ1) is 19.2. The fourth-order valence-corrected chi connectivity index (χ4v) is 4.51. The molecule has 0 aliphatic carbocycles.